The van der Waals surface area contributed by atoms with E-state index in [1.54, 1.807) is 0 Å². The van der Waals surface area contributed by atoms with Crippen molar-refractivity contribution in [3.05, 3.63) is 12.2 Å². The van der Waals surface area contributed by atoms with Gasteiger partial charge in [0.2, 0.25) is 0 Å². The van der Waals surface area contributed by atoms with E-state index in [1.807, 2.05) is 0 Å². The Balaban J connectivity index is 4.28. The fourth-order valence-electron chi connectivity index (χ4n) is 2.09. The average Bonchev–Trinajstić information content (AvgIpc) is 2.42. The molecule has 116 valence electrons. The summed E-state index contributed by atoms with van der Waals surface area (Å²) in [5, 5.41) is 18.9. The van der Waals surface area contributed by atoms with Crippen molar-refractivity contribution in [2.75, 3.05) is 7.11 Å². The van der Waals surface area contributed by atoms with Crippen LogP contribution in [0.1, 0.15) is 51.9 Å². The quantitative estimate of drug-likeness (QED) is 0.346. The zero-order chi connectivity index (χ0) is 15.5. The highest BCUT2D eigenvalue weighted by molar-refractivity contribution is 5.94. The molecule has 2 atom stereocenters. The summed E-state index contributed by atoms with van der Waals surface area (Å²) in [5.74, 6) is -3.23. The number of rotatable bonds is 11. The molecule has 20 heavy (non-hydrogen) atoms. The second kappa shape index (κ2) is 10.4. The van der Waals surface area contributed by atoms with Crippen molar-refractivity contribution in [2.45, 2.75) is 58.0 Å². The second-order valence-electron chi connectivity index (χ2n) is 4.96. The van der Waals surface area contributed by atoms with Crippen LogP contribution in [0.2, 0.25) is 0 Å². The molecule has 0 heterocycles. The van der Waals surface area contributed by atoms with Gasteiger partial charge in [0.05, 0.1) is 13.2 Å². The molecule has 2 N–H and O–H groups in total. The number of carboxylic acids is 1. The zero-order valence-corrected chi connectivity index (χ0v) is 12.4. The lowest BCUT2D eigenvalue weighted by molar-refractivity contribution is -0.150. The fraction of sp³-hybridized carbons (Fsp3) is 0.733. The van der Waals surface area contributed by atoms with Crippen LogP contribution in [0.4, 0.5) is 0 Å². The van der Waals surface area contributed by atoms with Crippen molar-refractivity contribution >= 4 is 11.9 Å². The fourth-order valence-corrected chi connectivity index (χ4v) is 2.09. The minimum atomic E-state index is -1.29. The highest BCUT2D eigenvalue weighted by Gasteiger charge is 2.33. The van der Waals surface area contributed by atoms with Gasteiger partial charge in [-0.15, -0.1) is 0 Å². The molecular formula is C15H26O5. The smallest absolute Gasteiger partial charge is 0.331 e. The largest absolute Gasteiger partial charge is 0.478 e. The first kappa shape index (κ1) is 18.6. The van der Waals surface area contributed by atoms with Gasteiger partial charge in [-0.2, -0.15) is 0 Å². The number of carbonyl (C=O) groups is 2. The summed E-state index contributed by atoms with van der Waals surface area (Å²) in [6, 6.07) is 0. The van der Waals surface area contributed by atoms with Gasteiger partial charge < -0.3 is 14.9 Å². The summed E-state index contributed by atoms with van der Waals surface area (Å²) in [4.78, 5) is 22.5. The molecule has 0 aromatic heterocycles. The number of ether oxygens (including phenoxy) is 1. The molecule has 0 saturated carbocycles. The van der Waals surface area contributed by atoms with E-state index in [4.69, 9.17) is 5.11 Å². The Morgan fingerprint density at radius 3 is 2.20 bits per heavy atom. The highest BCUT2D eigenvalue weighted by atomic mass is 16.5. The Bertz CT molecular complexity index is 324. The van der Waals surface area contributed by atoms with Crippen molar-refractivity contribution in [1.82, 2.24) is 0 Å². The van der Waals surface area contributed by atoms with Crippen LogP contribution in [0.25, 0.3) is 0 Å². The van der Waals surface area contributed by atoms with Crippen LogP contribution < -0.4 is 0 Å². The number of methoxy groups -OCH3 is 1. The van der Waals surface area contributed by atoms with Crippen molar-refractivity contribution < 1.29 is 24.5 Å². The summed E-state index contributed by atoms with van der Waals surface area (Å²) in [6.45, 7) is 5.49. The van der Waals surface area contributed by atoms with Crippen molar-refractivity contribution in [2.24, 2.45) is 5.92 Å². The predicted octanol–water partition coefficient (Wildman–Crippen LogP) is 2.53. The van der Waals surface area contributed by atoms with Crippen LogP contribution in [0, 0.1) is 5.92 Å². The van der Waals surface area contributed by atoms with E-state index in [9.17, 15) is 14.7 Å². The van der Waals surface area contributed by atoms with Gasteiger partial charge in [-0.3, -0.25) is 4.79 Å². The van der Waals surface area contributed by atoms with Gasteiger partial charge in [0, 0.05) is 5.57 Å². The van der Waals surface area contributed by atoms with Crippen molar-refractivity contribution in [3.63, 3.8) is 0 Å². The average molecular weight is 286 g/mol. The van der Waals surface area contributed by atoms with Gasteiger partial charge in [0.1, 0.15) is 5.92 Å². The van der Waals surface area contributed by atoms with E-state index < -0.39 is 24.0 Å². The Morgan fingerprint density at radius 2 is 1.70 bits per heavy atom. The number of esters is 1. The highest BCUT2D eigenvalue weighted by Crippen LogP contribution is 2.21. The molecule has 0 unspecified atom stereocenters. The van der Waals surface area contributed by atoms with Crippen LogP contribution in [-0.2, 0) is 14.3 Å². The molecule has 0 aliphatic rings. The molecule has 0 aliphatic carbocycles. The number of carbonyl (C=O) groups excluding carboxylic acids is 1. The minimum Gasteiger partial charge on any atom is -0.478 e. The zero-order valence-electron chi connectivity index (χ0n) is 12.4. The number of carboxylic acid groups (broad SMARTS) is 1. The lowest BCUT2D eigenvalue weighted by Gasteiger charge is -2.20. The normalized spacial score (nSPS) is 13.6. The number of aliphatic hydroxyl groups excluding tert-OH is 1. The molecule has 0 aromatic rings. The lowest BCUT2D eigenvalue weighted by atomic mass is 9.90. The molecule has 0 radical (unpaired) electrons. The van der Waals surface area contributed by atoms with Crippen molar-refractivity contribution in [3.8, 4) is 0 Å². The van der Waals surface area contributed by atoms with Gasteiger partial charge in [-0.1, -0.05) is 52.0 Å². The first-order valence-electron chi connectivity index (χ1n) is 7.13. The third kappa shape index (κ3) is 6.70. The molecule has 0 fully saturated rings. The summed E-state index contributed by atoms with van der Waals surface area (Å²) >= 11 is 0. The molecule has 0 spiro atoms. The first-order valence-corrected chi connectivity index (χ1v) is 7.13. The monoisotopic (exact) mass is 286 g/mol. The Morgan fingerprint density at radius 1 is 1.15 bits per heavy atom. The SMILES string of the molecule is C=C(C(=O)O)[C@H](C(=O)OC)[C@@H](O)CCCCCCCC. The Kier molecular flexibility index (Phi) is 9.72. The minimum absolute atomic E-state index is 0.324. The van der Waals surface area contributed by atoms with Gasteiger partial charge in [-0.25, -0.2) is 4.79 Å². The van der Waals surface area contributed by atoms with Crippen LogP contribution in [0.15, 0.2) is 12.2 Å². The number of unbranched alkanes of at least 4 members (excludes halogenated alkanes) is 5. The van der Waals surface area contributed by atoms with E-state index in [0.29, 0.717) is 6.42 Å². The predicted molar refractivity (Wildman–Crippen MR) is 76.3 cm³/mol. The van der Waals surface area contributed by atoms with Crippen LogP contribution in [0.5, 0.6) is 0 Å². The molecule has 0 aromatic carbocycles. The van der Waals surface area contributed by atoms with E-state index in [1.165, 1.54) is 20.0 Å². The maximum absolute atomic E-state index is 11.6. The van der Waals surface area contributed by atoms with Gasteiger partial charge >= 0.3 is 11.9 Å². The third-order valence-corrected chi connectivity index (χ3v) is 3.34. The summed E-state index contributed by atoms with van der Waals surface area (Å²) in [6.07, 6.45) is 5.65. The summed E-state index contributed by atoms with van der Waals surface area (Å²) < 4.78 is 4.54. The number of hydrogen-bond donors (Lipinski definition) is 2. The third-order valence-electron chi connectivity index (χ3n) is 3.34. The first-order chi connectivity index (χ1) is 9.45. The molecule has 5 heteroatoms. The second-order valence-corrected chi connectivity index (χ2v) is 4.96. The maximum Gasteiger partial charge on any atom is 0.331 e. The van der Waals surface area contributed by atoms with E-state index >= 15 is 0 Å². The van der Waals surface area contributed by atoms with Crippen LogP contribution in [-0.4, -0.2) is 35.4 Å². The van der Waals surface area contributed by atoms with Crippen LogP contribution >= 0.6 is 0 Å². The topological polar surface area (TPSA) is 83.8 Å². The van der Waals surface area contributed by atoms with E-state index in [-0.39, 0.29) is 5.57 Å². The summed E-state index contributed by atoms with van der Waals surface area (Å²) in [7, 11) is 1.17. The molecule has 0 bridgehead atoms. The molecular weight excluding hydrogens is 260 g/mol. The standard InChI is InChI=1S/C15H26O5/c1-4-5-6-7-8-9-10-12(16)13(15(19)20-3)11(2)14(17)18/h12-13,16H,2,4-10H2,1,3H3,(H,17,18)/t12-,13-/m0/s1. The maximum atomic E-state index is 11.6. The van der Waals surface area contributed by atoms with E-state index in [2.05, 4.69) is 18.2 Å². The van der Waals surface area contributed by atoms with Gasteiger partial charge in [-0.05, 0) is 6.42 Å². The summed E-state index contributed by atoms with van der Waals surface area (Å²) in [5.41, 5.74) is -0.324. The molecule has 0 rings (SSSR count). The van der Waals surface area contributed by atoms with Gasteiger partial charge in [0.15, 0.2) is 0 Å². The lowest BCUT2D eigenvalue weighted by Crippen LogP contribution is -2.33. The number of aliphatic hydroxyl groups is 1. The van der Waals surface area contributed by atoms with E-state index in [0.717, 1.165) is 25.7 Å². The van der Waals surface area contributed by atoms with Crippen LogP contribution in [0.3, 0.4) is 0 Å². The Hall–Kier alpha value is -1.36. The molecule has 0 amide bonds. The molecule has 5 nitrogen and oxygen atoms in total. The molecule has 0 saturated heterocycles. The molecule has 0 aliphatic heterocycles. The van der Waals surface area contributed by atoms with Crippen molar-refractivity contribution in [1.29, 1.82) is 0 Å². The van der Waals surface area contributed by atoms with Gasteiger partial charge in [0.25, 0.3) is 0 Å². The number of aliphatic carboxylic acids is 1. The Labute approximate surface area is 120 Å². The number of hydrogen-bond acceptors (Lipinski definition) is 4.